The van der Waals surface area contributed by atoms with Crippen LogP contribution in [0.2, 0.25) is 0 Å². The number of amides is 2. The number of unbranched alkanes of at least 4 members (excludes halogenated alkanes) is 1. The second-order valence-corrected chi connectivity index (χ2v) is 5.09. The lowest BCUT2D eigenvalue weighted by atomic mass is 9.94. The summed E-state index contributed by atoms with van der Waals surface area (Å²) in [6, 6.07) is 0.0808. The average Bonchev–Trinajstić information content (AvgIpc) is 2.35. The molecule has 0 aromatic heterocycles. The predicted molar refractivity (Wildman–Crippen MR) is 69.5 cm³/mol. The van der Waals surface area contributed by atoms with Crippen molar-refractivity contribution >= 4 is 12.0 Å². The fraction of sp³-hybridized carbons (Fsp3) is 0.846. The van der Waals surface area contributed by atoms with Crippen LogP contribution in [0, 0.1) is 5.92 Å². The van der Waals surface area contributed by atoms with E-state index >= 15 is 0 Å². The Labute approximate surface area is 109 Å². The molecule has 0 unspecified atom stereocenters. The highest BCUT2D eigenvalue weighted by atomic mass is 16.4. The summed E-state index contributed by atoms with van der Waals surface area (Å²) in [4.78, 5) is 26.3. The molecular formula is C13H24N2O3. The van der Waals surface area contributed by atoms with Gasteiger partial charge in [0.1, 0.15) is 0 Å². The highest BCUT2D eigenvalue weighted by Crippen LogP contribution is 2.21. The fourth-order valence-corrected chi connectivity index (χ4v) is 2.31. The number of carbonyl (C=O) groups is 2. The quantitative estimate of drug-likeness (QED) is 0.818. The molecule has 5 nitrogen and oxygen atoms in total. The van der Waals surface area contributed by atoms with Crippen LogP contribution in [-0.4, -0.2) is 53.6 Å². The maximum Gasteiger partial charge on any atom is 0.319 e. The van der Waals surface area contributed by atoms with Gasteiger partial charge in [0, 0.05) is 33.1 Å². The molecule has 0 bridgehead atoms. The molecule has 0 atom stereocenters. The number of nitrogens with zero attached hydrogens (tertiary/aromatic N) is 2. The van der Waals surface area contributed by atoms with Crippen molar-refractivity contribution in [1.29, 1.82) is 0 Å². The van der Waals surface area contributed by atoms with Gasteiger partial charge in [0.25, 0.3) is 0 Å². The molecule has 1 aliphatic rings. The minimum Gasteiger partial charge on any atom is -0.481 e. The lowest BCUT2D eigenvalue weighted by Crippen LogP contribution is -2.45. The molecule has 104 valence electrons. The van der Waals surface area contributed by atoms with Gasteiger partial charge in [0.2, 0.25) is 0 Å². The Hall–Kier alpha value is -1.26. The molecule has 1 rings (SSSR count). The van der Waals surface area contributed by atoms with Crippen LogP contribution in [0.1, 0.15) is 39.0 Å². The van der Waals surface area contributed by atoms with Crippen LogP contribution >= 0.6 is 0 Å². The summed E-state index contributed by atoms with van der Waals surface area (Å²) < 4.78 is 0. The van der Waals surface area contributed by atoms with E-state index in [-0.39, 0.29) is 18.4 Å². The number of aliphatic carboxylic acids is 1. The number of piperidine rings is 1. The molecule has 1 aliphatic heterocycles. The van der Waals surface area contributed by atoms with Crippen LogP contribution in [0.5, 0.6) is 0 Å². The van der Waals surface area contributed by atoms with Gasteiger partial charge >= 0.3 is 12.0 Å². The van der Waals surface area contributed by atoms with E-state index in [0.29, 0.717) is 13.1 Å². The zero-order chi connectivity index (χ0) is 13.5. The Morgan fingerprint density at radius 1 is 1.33 bits per heavy atom. The molecule has 1 heterocycles. The molecule has 0 radical (unpaired) electrons. The first-order chi connectivity index (χ1) is 8.54. The van der Waals surface area contributed by atoms with Gasteiger partial charge in [-0.2, -0.15) is 0 Å². The predicted octanol–water partition coefficient (Wildman–Crippen LogP) is 2.03. The van der Waals surface area contributed by atoms with Crippen molar-refractivity contribution in [3.63, 3.8) is 0 Å². The summed E-state index contributed by atoms with van der Waals surface area (Å²) in [5.74, 6) is -0.507. The van der Waals surface area contributed by atoms with Crippen molar-refractivity contribution < 1.29 is 14.7 Å². The number of hydrogen-bond donors (Lipinski definition) is 1. The number of carbonyl (C=O) groups excluding carboxylic acids is 1. The number of likely N-dealkylation sites (tertiary alicyclic amines) is 1. The lowest BCUT2D eigenvalue weighted by Gasteiger charge is -2.34. The first kappa shape index (κ1) is 14.8. The third kappa shape index (κ3) is 4.55. The summed E-state index contributed by atoms with van der Waals surface area (Å²) >= 11 is 0. The van der Waals surface area contributed by atoms with Gasteiger partial charge in [-0.25, -0.2) is 4.79 Å². The Kier molecular flexibility index (Phi) is 5.95. The summed E-state index contributed by atoms with van der Waals surface area (Å²) in [5, 5.41) is 8.74. The van der Waals surface area contributed by atoms with Crippen molar-refractivity contribution in [1.82, 2.24) is 9.80 Å². The van der Waals surface area contributed by atoms with Gasteiger partial charge in [0.05, 0.1) is 0 Å². The average molecular weight is 256 g/mol. The molecule has 18 heavy (non-hydrogen) atoms. The monoisotopic (exact) mass is 256 g/mol. The van der Waals surface area contributed by atoms with Crippen LogP contribution in [0.25, 0.3) is 0 Å². The summed E-state index contributed by atoms with van der Waals surface area (Å²) in [7, 11) is 1.83. The van der Waals surface area contributed by atoms with Crippen molar-refractivity contribution in [3.05, 3.63) is 0 Å². The van der Waals surface area contributed by atoms with Gasteiger partial charge in [-0.3, -0.25) is 4.79 Å². The van der Waals surface area contributed by atoms with E-state index in [0.717, 1.165) is 32.2 Å². The van der Waals surface area contributed by atoms with Crippen LogP contribution in [0.15, 0.2) is 0 Å². The number of urea groups is 1. The summed E-state index contributed by atoms with van der Waals surface area (Å²) in [5.41, 5.74) is 0. The molecular weight excluding hydrogens is 232 g/mol. The topological polar surface area (TPSA) is 60.9 Å². The maximum absolute atomic E-state index is 12.1. The van der Waals surface area contributed by atoms with Crippen molar-refractivity contribution in [3.8, 4) is 0 Å². The highest BCUT2D eigenvalue weighted by Gasteiger charge is 2.25. The van der Waals surface area contributed by atoms with Gasteiger partial charge in [-0.1, -0.05) is 13.3 Å². The third-order valence-corrected chi connectivity index (χ3v) is 3.52. The molecule has 0 aromatic rings. The second kappa shape index (κ2) is 7.24. The van der Waals surface area contributed by atoms with Gasteiger partial charge in [-0.05, 0) is 25.2 Å². The highest BCUT2D eigenvalue weighted by molar-refractivity contribution is 5.74. The normalized spacial score (nSPS) is 16.7. The van der Waals surface area contributed by atoms with Crippen molar-refractivity contribution in [2.45, 2.75) is 39.0 Å². The van der Waals surface area contributed by atoms with E-state index in [1.807, 2.05) is 11.9 Å². The molecule has 0 spiro atoms. The molecule has 0 aliphatic carbocycles. The van der Waals surface area contributed by atoms with Crippen LogP contribution < -0.4 is 0 Å². The van der Waals surface area contributed by atoms with Crippen LogP contribution in [0.3, 0.4) is 0 Å². The zero-order valence-corrected chi connectivity index (χ0v) is 11.4. The van der Waals surface area contributed by atoms with E-state index in [1.165, 1.54) is 0 Å². The molecule has 1 fully saturated rings. The van der Waals surface area contributed by atoms with E-state index in [4.69, 9.17) is 5.11 Å². The third-order valence-electron chi connectivity index (χ3n) is 3.52. The number of carboxylic acids is 1. The van der Waals surface area contributed by atoms with E-state index in [1.54, 1.807) is 4.90 Å². The van der Waals surface area contributed by atoms with Crippen LogP contribution in [0.4, 0.5) is 4.79 Å². The first-order valence-corrected chi connectivity index (χ1v) is 6.76. The molecule has 2 amide bonds. The Morgan fingerprint density at radius 3 is 2.44 bits per heavy atom. The smallest absolute Gasteiger partial charge is 0.319 e. The Balaban J connectivity index is 2.33. The molecule has 0 saturated carbocycles. The first-order valence-electron chi connectivity index (χ1n) is 6.76. The Morgan fingerprint density at radius 2 is 1.94 bits per heavy atom. The molecule has 0 aromatic carbocycles. The molecule has 1 N–H and O–H groups in total. The molecule has 5 heteroatoms. The SMILES string of the molecule is CCCCN(C)C(=O)N1CCC(CC(=O)O)CC1. The van der Waals surface area contributed by atoms with Gasteiger partial charge in [0.15, 0.2) is 0 Å². The van der Waals surface area contributed by atoms with Gasteiger partial charge < -0.3 is 14.9 Å². The van der Waals surface area contributed by atoms with Crippen molar-refractivity contribution in [2.24, 2.45) is 5.92 Å². The maximum atomic E-state index is 12.1. The minimum atomic E-state index is -0.736. The minimum absolute atomic E-state index is 0.0808. The van der Waals surface area contributed by atoms with E-state index < -0.39 is 5.97 Å². The second-order valence-electron chi connectivity index (χ2n) is 5.09. The van der Waals surface area contributed by atoms with E-state index in [2.05, 4.69) is 6.92 Å². The zero-order valence-electron chi connectivity index (χ0n) is 11.4. The summed E-state index contributed by atoms with van der Waals surface area (Å²) in [6.07, 6.45) is 3.95. The van der Waals surface area contributed by atoms with Gasteiger partial charge in [-0.15, -0.1) is 0 Å². The number of rotatable bonds is 5. The fourth-order valence-electron chi connectivity index (χ4n) is 2.31. The largest absolute Gasteiger partial charge is 0.481 e. The number of carboxylic acid groups (broad SMARTS) is 1. The Bertz CT molecular complexity index is 286. The summed E-state index contributed by atoms with van der Waals surface area (Å²) in [6.45, 7) is 4.28. The lowest BCUT2D eigenvalue weighted by molar-refractivity contribution is -0.138. The van der Waals surface area contributed by atoms with E-state index in [9.17, 15) is 9.59 Å². The van der Waals surface area contributed by atoms with Crippen molar-refractivity contribution in [2.75, 3.05) is 26.7 Å². The molecule has 1 saturated heterocycles. The standard InChI is InChI=1S/C13H24N2O3/c1-3-4-7-14(2)13(18)15-8-5-11(6-9-15)10-12(16)17/h11H,3-10H2,1-2H3,(H,16,17). The number of hydrogen-bond acceptors (Lipinski definition) is 2. The van der Waals surface area contributed by atoms with Crippen LogP contribution in [-0.2, 0) is 4.79 Å².